The van der Waals surface area contributed by atoms with Crippen LogP contribution < -0.4 is 0 Å². The number of hydrogen-bond acceptors (Lipinski definition) is 5. The molecule has 3 aliphatic carbocycles. The first-order valence-electron chi connectivity index (χ1n) is 6.75. The van der Waals surface area contributed by atoms with E-state index < -0.39 is 28.3 Å². The second kappa shape index (κ2) is 2.33. The minimum Gasteiger partial charge on any atom is -0.386 e. The number of ketones is 1. The average molecular weight is 264 g/mol. The van der Waals surface area contributed by atoms with Crippen LogP contribution in [0, 0.1) is 11.3 Å². The standard InChI is InChI=1S/C14H16O5/c1-5-7(15)9-13(19-9)4-6-8-11(2,18-8)10(16)14(6,17)12(5,13)3/h6-9,15,17H,1,4H2,2-3H3/t6-,7+,8+,9+,11+,12+,13+,14+/m0/s1. The fourth-order valence-electron chi connectivity index (χ4n) is 5.42. The van der Waals surface area contributed by atoms with E-state index in [0.717, 1.165) is 0 Å². The number of rotatable bonds is 0. The molecule has 5 rings (SSSR count). The lowest BCUT2D eigenvalue weighted by molar-refractivity contribution is -0.158. The Morgan fingerprint density at radius 2 is 2.00 bits per heavy atom. The quantitative estimate of drug-likeness (QED) is 0.457. The van der Waals surface area contributed by atoms with Gasteiger partial charge >= 0.3 is 0 Å². The fourth-order valence-corrected chi connectivity index (χ4v) is 5.42. The van der Waals surface area contributed by atoms with Gasteiger partial charge in [-0.3, -0.25) is 4.79 Å². The van der Waals surface area contributed by atoms with Crippen molar-refractivity contribution in [2.75, 3.05) is 0 Å². The van der Waals surface area contributed by atoms with Crippen molar-refractivity contribution in [2.45, 2.75) is 55.4 Å². The molecule has 8 atom stereocenters. The van der Waals surface area contributed by atoms with Crippen LogP contribution in [0.4, 0.5) is 0 Å². The fraction of sp³-hybridized carbons (Fsp3) is 0.786. The smallest absolute Gasteiger partial charge is 0.199 e. The summed E-state index contributed by atoms with van der Waals surface area (Å²) >= 11 is 0. The van der Waals surface area contributed by atoms with E-state index in [4.69, 9.17) is 9.47 Å². The van der Waals surface area contributed by atoms with Crippen LogP contribution in [0.25, 0.3) is 0 Å². The Labute approximate surface area is 110 Å². The molecule has 3 saturated carbocycles. The first-order valence-corrected chi connectivity index (χ1v) is 6.75. The molecule has 19 heavy (non-hydrogen) atoms. The molecule has 102 valence electrons. The van der Waals surface area contributed by atoms with Gasteiger partial charge in [0, 0.05) is 5.92 Å². The summed E-state index contributed by atoms with van der Waals surface area (Å²) in [6.45, 7) is 7.50. The van der Waals surface area contributed by atoms with E-state index in [0.29, 0.717) is 12.0 Å². The lowest BCUT2D eigenvalue weighted by Gasteiger charge is -2.41. The number of carbonyl (C=O) groups excluding carboxylic acids is 1. The summed E-state index contributed by atoms with van der Waals surface area (Å²) in [7, 11) is 0. The third-order valence-corrected chi connectivity index (χ3v) is 6.71. The number of aliphatic hydroxyl groups is 2. The number of ether oxygens (including phenoxy) is 2. The topological polar surface area (TPSA) is 82.6 Å². The molecule has 0 bridgehead atoms. The van der Waals surface area contributed by atoms with E-state index >= 15 is 0 Å². The van der Waals surface area contributed by atoms with Crippen molar-refractivity contribution in [1.82, 2.24) is 0 Å². The van der Waals surface area contributed by atoms with Gasteiger partial charge in [0.2, 0.25) is 0 Å². The van der Waals surface area contributed by atoms with Crippen molar-refractivity contribution in [1.29, 1.82) is 0 Å². The predicted octanol–water partition coefficient (Wildman–Crippen LogP) is -0.448. The molecule has 0 aromatic rings. The summed E-state index contributed by atoms with van der Waals surface area (Å²) in [5, 5.41) is 21.4. The Hall–Kier alpha value is -0.750. The Morgan fingerprint density at radius 3 is 2.68 bits per heavy atom. The molecule has 1 spiro atoms. The largest absolute Gasteiger partial charge is 0.386 e. The Bertz CT molecular complexity index is 586. The van der Waals surface area contributed by atoms with E-state index in [1.807, 2.05) is 6.92 Å². The summed E-state index contributed by atoms with van der Waals surface area (Å²) in [5.74, 6) is -0.511. The second-order valence-corrected chi connectivity index (χ2v) is 7.07. The zero-order chi connectivity index (χ0) is 13.6. The van der Waals surface area contributed by atoms with Gasteiger partial charge in [0.1, 0.15) is 29.5 Å². The van der Waals surface area contributed by atoms with Crippen LogP contribution in [0.2, 0.25) is 0 Å². The summed E-state index contributed by atoms with van der Waals surface area (Å²) in [4.78, 5) is 12.7. The first kappa shape index (κ1) is 11.0. The van der Waals surface area contributed by atoms with Crippen LogP contribution in [-0.4, -0.2) is 51.1 Å². The minimum atomic E-state index is -1.51. The van der Waals surface area contributed by atoms with Gasteiger partial charge in [-0.15, -0.1) is 0 Å². The summed E-state index contributed by atoms with van der Waals surface area (Å²) < 4.78 is 11.2. The summed E-state index contributed by atoms with van der Waals surface area (Å²) in [6.07, 6.45) is -0.755. The lowest BCUT2D eigenvalue weighted by atomic mass is 9.66. The molecule has 0 amide bonds. The zero-order valence-corrected chi connectivity index (χ0v) is 10.8. The highest BCUT2D eigenvalue weighted by Crippen LogP contribution is 2.79. The third kappa shape index (κ3) is 0.690. The maximum atomic E-state index is 12.7. The molecule has 2 N–H and O–H groups in total. The highest BCUT2D eigenvalue weighted by atomic mass is 16.6. The molecule has 0 aromatic heterocycles. The van der Waals surface area contributed by atoms with Crippen LogP contribution in [0.1, 0.15) is 20.3 Å². The maximum Gasteiger partial charge on any atom is 0.199 e. The van der Waals surface area contributed by atoms with Gasteiger partial charge in [0.15, 0.2) is 11.4 Å². The Kier molecular flexibility index (Phi) is 1.34. The molecule has 5 nitrogen and oxygen atoms in total. The van der Waals surface area contributed by atoms with Crippen LogP contribution >= 0.6 is 0 Å². The SMILES string of the molecule is C=C1[C@@H](O)[C@H]2O[C@]23C[C@H]2[C@H]4O[C@@]4(C)C(=O)[C@@]2(O)[C@]13C. The molecular formula is C14H16O5. The van der Waals surface area contributed by atoms with Gasteiger partial charge in [-0.05, 0) is 25.8 Å². The summed E-state index contributed by atoms with van der Waals surface area (Å²) in [6, 6.07) is 0. The van der Waals surface area contributed by atoms with E-state index in [9.17, 15) is 15.0 Å². The molecular weight excluding hydrogens is 248 g/mol. The third-order valence-electron chi connectivity index (χ3n) is 6.71. The molecule has 5 heteroatoms. The molecule has 0 radical (unpaired) electrons. The molecule has 0 aromatic carbocycles. The van der Waals surface area contributed by atoms with Gasteiger partial charge in [0.05, 0.1) is 5.41 Å². The average Bonchev–Trinajstić information content (AvgIpc) is 3.21. The number of carbonyl (C=O) groups is 1. The molecule has 2 saturated heterocycles. The monoisotopic (exact) mass is 264 g/mol. The van der Waals surface area contributed by atoms with E-state index in [2.05, 4.69) is 6.58 Å². The van der Waals surface area contributed by atoms with Gasteiger partial charge in [-0.2, -0.15) is 0 Å². The van der Waals surface area contributed by atoms with Crippen molar-refractivity contribution >= 4 is 5.78 Å². The number of fused-ring (bicyclic) bond motifs is 4. The van der Waals surface area contributed by atoms with Crippen molar-refractivity contribution in [3.63, 3.8) is 0 Å². The van der Waals surface area contributed by atoms with Crippen molar-refractivity contribution in [3.05, 3.63) is 12.2 Å². The highest BCUT2D eigenvalue weighted by molar-refractivity contribution is 6.03. The number of hydrogen-bond donors (Lipinski definition) is 2. The van der Waals surface area contributed by atoms with E-state index in [1.54, 1.807) is 6.92 Å². The lowest BCUT2D eigenvalue weighted by Crippen LogP contribution is -2.57. The van der Waals surface area contributed by atoms with Gasteiger partial charge < -0.3 is 19.7 Å². The normalized spacial score (nSPS) is 71.6. The van der Waals surface area contributed by atoms with E-state index in [-0.39, 0.29) is 23.9 Å². The molecule has 0 unspecified atom stereocenters. The maximum absolute atomic E-state index is 12.7. The van der Waals surface area contributed by atoms with Gasteiger partial charge in [-0.25, -0.2) is 0 Å². The molecule has 2 heterocycles. The second-order valence-electron chi connectivity index (χ2n) is 7.07. The molecule has 2 aliphatic heterocycles. The molecule has 5 fully saturated rings. The van der Waals surface area contributed by atoms with Crippen molar-refractivity contribution in [2.24, 2.45) is 11.3 Å². The van der Waals surface area contributed by atoms with E-state index in [1.165, 1.54) is 0 Å². The minimum absolute atomic E-state index is 0.211. The highest BCUT2D eigenvalue weighted by Gasteiger charge is 2.94. The van der Waals surface area contributed by atoms with Crippen LogP contribution in [-0.2, 0) is 14.3 Å². The number of aliphatic hydroxyl groups excluding tert-OH is 1. The zero-order valence-electron chi connectivity index (χ0n) is 10.8. The van der Waals surface area contributed by atoms with Crippen LogP contribution in [0.3, 0.4) is 0 Å². The Morgan fingerprint density at radius 1 is 1.32 bits per heavy atom. The van der Waals surface area contributed by atoms with Crippen LogP contribution in [0.15, 0.2) is 12.2 Å². The summed E-state index contributed by atoms with van der Waals surface area (Å²) in [5.41, 5.74) is -3.33. The van der Waals surface area contributed by atoms with Crippen molar-refractivity contribution in [3.8, 4) is 0 Å². The van der Waals surface area contributed by atoms with Gasteiger partial charge in [-0.1, -0.05) is 6.58 Å². The van der Waals surface area contributed by atoms with Gasteiger partial charge in [0.25, 0.3) is 0 Å². The van der Waals surface area contributed by atoms with Crippen molar-refractivity contribution < 1.29 is 24.5 Å². The predicted molar refractivity (Wildman–Crippen MR) is 62.2 cm³/mol. The first-order chi connectivity index (χ1) is 8.75. The number of Topliss-reactive ketones (excluding diaryl/α,β-unsaturated/α-hetero) is 1. The number of epoxide rings is 2. The van der Waals surface area contributed by atoms with Crippen LogP contribution in [0.5, 0.6) is 0 Å². The molecule has 5 aliphatic rings. The Balaban J connectivity index is 1.76.